The van der Waals surface area contributed by atoms with Crippen molar-refractivity contribution in [2.75, 3.05) is 7.11 Å². The predicted octanol–water partition coefficient (Wildman–Crippen LogP) is 2.82. The number of methoxy groups -OCH3 is 1. The summed E-state index contributed by atoms with van der Waals surface area (Å²) in [6, 6.07) is 12.3. The molecule has 7 nitrogen and oxygen atoms in total. The molecule has 30 heavy (non-hydrogen) atoms. The number of ether oxygens (including phenoxy) is 1. The molecule has 0 N–H and O–H groups in total. The molecular weight excluding hydrogens is 409 g/mol. The Hall–Kier alpha value is -3.59. The fourth-order valence-electron chi connectivity index (χ4n) is 2.99. The zero-order valence-corrected chi connectivity index (χ0v) is 16.6. The summed E-state index contributed by atoms with van der Waals surface area (Å²) in [5.41, 5.74) is 0.411. The van der Waals surface area contributed by atoms with E-state index in [2.05, 4.69) is 10.1 Å². The minimum absolute atomic E-state index is 0.0000810. The maximum absolute atomic E-state index is 13.1. The largest absolute Gasteiger partial charge is 0.481 e. The van der Waals surface area contributed by atoms with Gasteiger partial charge in [0.2, 0.25) is 15.7 Å². The van der Waals surface area contributed by atoms with Crippen molar-refractivity contribution in [2.45, 2.75) is 16.3 Å². The van der Waals surface area contributed by atoms with Crippen LogP contribution in [0.15, 0.2) is 81.6 Å². The first-order chi connectivity index (χ1) is 14.4. The molecule has 0 unspecified atom stereocenters. The minimum Gasteiger partial charge on any atom is -0.481 e. The van der Waals surface area contributed by atoms with E-state index in [0.717, 1.165) is 17.7 Å². The lowest BCUT2D eigenvalue weighted by molar-refractivity contribution is 0.397. The first-order valence-electron chi connectivity index (χ1n) is 8.88. The van der Waals surface area contributed by atoms with Crippen LogP contribution in [0.1, 0.15) is 5.56 Å². The number of hydrogen-bond acceptors (Lipinski definition) is 6. The molecule has 2 heterocycles. The Morgan fingerprint density at radius 2 is 1.73 bits per heavy atom. The van der Waals surface area contributed by atoms with E-state index in [0.29, 0.717) is 16.7 Å². The Morgan fingerprint density at radius 1 is 1.00 bits per heavy atom. The summed E-state index contributed by atoms with van der Waals surface area (Å²) in [4.78, 5) is 16.9. The molecule has 152 valence electrons. The number of benzene rings is 2. The van der Waals surface area contributed by atoms with Crippen LogP contribution < -0.4 is 10.3 Å². The smallest absolute Gasteiger partial charge is 0.274 e. The summed E-state index contributed by atoms with van der Waals surface area (Å²) < 4.78 is 45.0. The van der Waals surface area contributed by atoms with Crippen LogP contribution >= 0.6 is 0 Å². The van der Waals surface area contributed by atoms with Crippen molar-refractivity contribution in [1.29, 1.82) is 0 Å². The Bertz CT molecular complexity index is 1380. The molecule has 0 saturated heterocycles. The number of hydrogen-bond donors (Lipinski definition) is 0. The molecule has 0 aliphatic heterocycles. The van der Waals surface area contributed by atoms with E-state index < -0.39 is 15.7 Å². The number of pyridine rings is 1. The van der Waals surface area contributed by atoms with E-state index in [-0.39, 0.29) is 21.9 Å². The topological polar surface area (TPSA) is 91.2 Å². The number of nitrogens with zero attached hydrogens (tertiary/aromatic N) is 3. The van der Waals surface area contributed by atoms with E-state index in [4.69, 9.17) is 4.74 Å². The monoisotopic (exact) mass is 425 g/mol. The van der Waals surface area contributed by atoms with Gasteiger partial charge in [0, 0.05) is 17.6 Å². The maximum Gasteiger partial charge on any atom is 0.274 e. The zero-order valence-electron chi connectivity index (χ0n) is 15.8. The molecular formula is C21H16FN3O4S. The predicted molar refractivity (Wildman–Crippen MR) is 108 cm³/mol. The molecule has 0 spiro atoms. The molecule has 0 amide bonds. The third-order valence-electron chi connectivity index (χ3n) is 4.60. The molecule has 9 heteroatoms. The first kappa shape index (κ1) is 19.7. The first-order valence-corrected chi connectivity index (χ1v) is 10.4. The second kappa shape index (κ2) is 7.68. The van der Waals surface area contributed by atoms with E-state index >= 15 is 0 Å². The fraction of sp³-hybridized carbons (Fsp3) is 0.0952. The zero-order chi connectivity index (χ0) is 21.3. The second-order valence-electron chi connectivity index (χ2n) is 6.52. The standard InChI is InChI=1S/C21H16FN3O4S/c1-29-20-9-2-14(11-23-20)13-25-21(26)19-8-7-18(10-15(19)12-24-25)30(27,28)17-5-3-16(22)4-6-17/h2-12H,13H2,1H3. The molecule has 0 bridgehead atoms. The van der Waals surface area contributed by atoms with Gasteiger partial charge in [-0.3, -0.25) is 4.79 Å². The van der Waals surface area contributed by atoms with Gasteiger partial charge in [-0.2, -0.15) is 5.10 Å². The maximum atomic E-state index is 13.1. The Kier molecular flexibility index (Phi) is 5.04. The van der Waals surface area contributed by atoms with Crippen LogP contribution in [-0.4, -0.2) is 30.3 Å². The molecule has 0 radical (unpaired) electrons. The van der Waals surface area contributed by atoms with Crippen LogP contribution in [0.2, 0.25) is 0 Å². The molecule has 0 atom stereocenters. The fourth-order valence-corrected chi connectivity index (χ4v) is 4.29. The number of fused-ring (bicyclic) bond motifs is 1. The van der Waals surface area contributed by atoms with Gasteiger partial charge in [-0.15, -0.1) is 0 Å². The normalized spacial score (nSPS) is 11.5. The van der Waals surface area contributed by atoms with E-state index in [1.165, 1.54) is 48.3 Å². The van der Waals surface area contributed by atoms with Gasteiger partial charge in [-0.1, -0.05) is 6.07 Å². The molecule has 0 aliphatic rings. The van der Waals surface area contributed by atoms with Gasteiger partial charge in [-0.05, 0) is 48.0 Å². The number of aromatic nitrogens is 3. The lowest BCUT2D eigenvalue weighted by Crippen LogP contribution is -2.23. The molecule has 0 aliphatic carbocycles. The summed E-state index contributed by atoms with van der Waals surface area (Å²) in [5, 5.41) is 4.89. The van der Waals surface area contributed by atoms with Crippen LogP contribution in [0.3, 0.4) is 0 Å². The number of rotatable bonds is 5. The molecule has 2 aromatic heterocycles. The highest BCUT2D eigenvalue weighted by Gasteiger charge is 2.19. The summed E-state index contributed by atoms with van der Waals surface area (Å²) in [5.74, 6) is -0.0586. The van der Waals surface area contributed by atoms with Gasteiger partial charge in [0.15, 0.2) is 0 Å². The second-order valence-corrected chi connectivity index (χ2v) is 8.47. The Balaban J connectivity index is 1.70. The molecule has 4 aromatic rings. The highest BCUT2D eigenvalue weighted by Crippen LogP contribution is 2.23. The third kappa shape index (κ3) is 3.67. The highest BCUT2D eigenvalue weighted by atomic mass is 32.2. The SMILES string of the molecule is COc1ccc(Cn2ncc3cc(S(=O)(=O)c4ccc(F)cc4)ccc3c2=O)cn1. The Labute approximate surface area is 171 Å². The highest BCUT2D eigenvalue weighted by molar-refractivity contribution is 7.91. The van der Waals surface area contributed by atoms with Crippen LogP contribution in [-0.2, 0) is 16.4 Å². The van der Waals surface area contributed by atoms with Crippen molar-refractivity contribution in [3.05, 3.63) is 88.7 Å². The summed E-state index contributed by atoms with van der Waals surface area (Å²) in [6.45, 7) is 0.210. The number of sulfone groups is 1. The molecule has 4 rings (SSSR count). The van der Waals surface area contributed by atoms with E-state index in [9.17, 15) is 17.6 Å². The van der Waals surface area contributed by atoms with Crippen LogP contribution in [0.5, 0.6) is 5.88 Å². The van der Waals surface area contributed by atoms with Crippen LogP contribution in [0.4, 0.5) is 4.39 Å². The quantitative estimate of drug-likeness (QED) is 0.457. The average Bonchev–Trinajstić information content (AvgIpc) is 2.76. The van der Waals surface area contributed by atoms with Crippen LogP contribution in [0.25, 0.3) is 10.8 Å². The lowest BCUT2D eigenvalue weighted by Gasteiger charge is -2.09. The van der Waals surface area contributed by atoms with Crippen molar-refractivity contribution < 1.29 is 17.5 Å². The van der Waals surface area contributed by atoms with Gasteiger partial charge in [0.1, 0.15) is 5.82 Å². The van der Waals surface area contributed by atoms with E-state index in [1.54, 1.807) is 18.3 Å². The minimum atomic E-state index is -3.85. The van der Waals surface area contributed by atoms with Crippen molar-refractivity contribution >= 4 is 20.6 Å². The summed E-state index contributed by atoms with van der Waals surface area (Å²) in [7, 11) is -2.33. The Morgan fingerprint density at radius 3 is 2.40 bits per heavy atom. The van der Waals surface area contributed by atoms with Gasteiger partial charge < -0.3 is 4.74 Å². The van der Waals surface area contributed by atoms with Crippen molar-refractivity contribution in [2.24, 2.45) is 0 Å². The average molecular weight is 425 g/mol. The van der Waals surface area contributed by atoms with Crippen LogP contribution in [0, 0.1) is 5.82 Å². The van der Waals surface area contributed by atoms with E-state index in [1.807, 2.05) is 0 Å². The summed E-state index contributed by atoms with van der Waals surface area (Å²) in [6.07, 6.45) is 3.03. The molecule has 2 aromatic carbocycles. The van der Waals surface area contributed by atoms with Crippen molar-refractivity contribution in [3.8, 4) is 5.88 Å². The van der Waals surface area contributed by atoms with Crippen molar-refractivity contribution in [3.63, 3.8) is 0 Å². The van der Waals surface area contributed by atoms with Gasteiger partial charge in [-0.25, -0.2) is 22.5 Å². The lowest BCUT2D eigenvalue weighted by atomic mass is 10.2. The van der Waals surface area contributed by atoms with Gasteiger partial charge in [0.25, 0.3) is 5.56 Å². The molecule has 0 fully saturated rings. The van der Waals surface area contributed by atoms with Gasteiger partial charge >= 0.3 is 0 Å². The van der Waals surface area contributed by atoms with Crippen molar-refractivity contribution in [1.82, 2.24) is 14.8 Å². The number of halogens is 1. The third-order valence-corrected chi connectivity index (χ3v) is 6.36. The van der Waals surface area contributed by atoms with Gasteiger partial charge in [0.05, 0.1) is 35.0 Å². The summed E-state index contributed by atoms with van der Waals surface area (Å²) >= 11 is 0. The molecule has 0 saturated carbocycles.